The second kappa shape index (κ2) is 4.91. The molecule has 0 radical (unpaired) electrons. The van der Waals surface area contributed by atoms with Gasteiger partial charge in [-0.2, -0.15) is 0 Å². The number of benzene rings is 2. The zero-order valence-corrected chi connectivity index (χ0v) is 11.3. The van der Waals surface area contributed by atoms with Crippen molar-refractivity contribution in [3.63, 3.8) is 0 Å². The summed E-state index contributed by atoms with van der Waals surface area (Å²) in [5, 5.41) is 4.00. The van der Waals surface area contributed by atoms with E-state index in [9.17, 15) is 4.39 Å². The summed E-state index contributed by atoms with van der Waals surface area (Å²) < 4.78 is 19.1. The van der Waals surface area contributed by atoms with E-state index in [1.165, 1.54) is 12.1 Å². The molecule has 19 heavy (non-hydrogen) atoms. The first-order valence-corrected chi connectivity index (χ1v) is 6.55. The van der Waals surface area contributed by atoms with Gasteiger partial charge in [-0.25, -0.2) is 4.39 Å². The Morgan fingerprint density at radius 3 is 2.74 bits per heavy atom. The van der Waals surface area contributed by atoms with Crippen molar-refractivity contribution in [2.75, 3.05) is 11.9 Å². The maximum absolute atomic E-state index is 13.2. The van der Waals surface area contributed by atoms with Crippen LogP contribution in [-0.2, 0) is 0 Å². The zero-order valence-electron chi connectivity index (χ0n) is 9.79. The molecule has 0 saturated carbocycles. The minimum atomic E-state index is -0.393. The highest BCUT2D eigenvalue weighted by atomic mass is 35.5. The molecule has 2 aromatic carbocycles. The Hall–Kier alpha value is -1.45. The van der Waals surface area contributed by atoms with Crippen LogP contribution in [0.25, 0.3) is 0 Å². The van der Waals surface area contributed by atoms with Crippen LogP contribution < -0.4 is 10.1 Å². The number of halogens is 3. The number of anilines is 1. The summed E-state index contributed by atoms with van der Waals surface area (Å²) in [7, 11) is 0. The highest BCUT2D eigenvalue weighted by Gasteiger charge is 2.25. The molecular weight excluding hydrogens is 288 g/mol. The lowest BCUT2D eigenvalue weighted by molar-refractivity contribution is 0.210. The summed E-state index contributed by atoms with van der Waals surface area (Å²) in [6.07, 6.45) is -0.246. The third-order valence-corrected chi connectivity index (χ3v) is 3.62. The molecular formula is C14H10Cl2FNO. The molecule has 0 spiro atoms. The van der Waals surface area contributed by atoms with Gasteiger partial charge in [0.15, 0.2) is 5.75 Å². The van der Waals surface area contributed by atoms with E-state index < -0.39 is 5.82 Å². The predicted octanol–water partition coefficient (Wildman–Crippen LogP) is 4.68. The van der Waals surface area contributed by atoms with E-state index in [4.69, 9.17) is 27.9 Å². The molecule has 2 aromatic rings. The first kappa shape index (κ1) is 12.6. The Balaban J connectivity index is 1.97. The second-order valence-corrected chi connectivity index (χ2v) is 5.09. The molecule has 0 bridgehead atoms. The normalized spacial score (nSPS) is 17.3. The van der Waals surface area contributed by atoms with Crippen LogP contribution in [0.2, 0.25) is 10.0 Å². The van der Waals surface area contributed by atoms with Gasteiger partial charge in [-0.05, 0) is 12.1 Å². The fraction of sp³-hybridized carbons (Fsp3) is 0.143. The molecule has 2 nitrogen and oxygen atoms in total. The first-order chi connectivity index (χ1) is 9.15. The molecule has 1 aliphatic rings. The van der Waals surface area contributed by atoms with Crippen molar-refractivity contribution < 1.29 is 9.13 Å². The smallest absolute Gasteiger partial charge is 0.162 e. The molecule has 0 aliphatic carbocycles. The third kappa shape index (κ3) is 2.36. The number of hydrogen-bond acceptors (Lipinski definition) is 2. The number of nitrogens with one attached hydrogen (secondary N) is 1. The average Bonchev–Trinajstić information content (AvgIpc) is 2.39. The molecule has 5 heteroatoms. The van der Waals surface area contributed by atoms with Crippen molar-refractivity contribution in [1.82, 2.24) is 0 Å². The van der Waals surface area contributed by atoms with Crippen molar-refractivity contribution in [3.8, 4) is 5.75 Å². The fourth-order valence-corrected chi connectivity index (χ4v) is 2.62. The van der Waals surface area contributed by atoms with Gasteiger partial charge < -0.3 is 10.1 Å². The Morgan fingerprint density at radius 2 is 1.95 bits per heavy atom. The Bertz CT molecular complexity index is 633. The van der Waals surface area contributed by atoms with Crippen molar-refractivity contribution in [3.05, 3.63) is 57.8 Å². The van der Waals surface area contributed by atoms with Gasteiger partial charge in [0.1, 0.15) is 11.9 Å². The Labute approximate surface area is 120 Å². The van der Waals surface area contributed by atoms with Crippen molar-refractivity contribution in [1.29, 1.82) is 0 Å². The predicted molar refractivity (Wildman–Crippen MR) is 74.7 cm³/mol. The molecule has 1 atom stereocenters. The average molecular weight is 298 g/mol. The van der Waals surface area contributed by atoms with E-state index in [1.807, 2.05) is 24.3 Å². The maximum Gasteiger partial charge on any atom is 0.162 e. The lowest BCUT2D eigenvalue weighted by atomic mass is 10.1. The van der Waals surface area contributed by atoms with Crippen molar-refractivity contribution in [2.45, 2.75) is 6.10 Å². The Kier molecular flexibility index (Phi) is 3.25. The van der Waals surface area contributed by atoms with E-state index in [-0.39, 0.29) is 11.1 Å². The lowest BCUT2D eigenvalue weighted by Gasteiger charge is -2.28. The standard InChI is InChI=1S/C14H10Cl2FNO/c15-10-4-2-1-3-9(10)13-7-18-12-6-8(17)5-11(16)14(12)19-13/h1-6,13,18H,7H2. The van der Waals surface area contributed by atoms with Crippen molar-refractivity contribution >= 4 is 28.9 Å². The zero-order chi connectivity index (χ0) is 13.4. The maximum atomic E-state index is 13.2. The number of hydrogen-bond donors (Lipinski definition) is 1. The SMILES string of the molecule is Fc1cc(Cl)c2c(c1)NCC(c1ccccc1Cl)O2. The molecule has 0 fully saturated rings. The van der Waals surface area contributed by atoms with Crippen LogP contribution >= 0.6 is 23.2 Å². The molecule has 1 aliphatic heterocycles. The van der Waals surface area contributed by atoms with Crippen LogP contribution in [0.4, 0.5) is 10.1 Å². The number of ether oxygens (including phenoxy) is 1. The summed E-state index contributed by atoms with van der Waals surface area (Å²) in [6, 6.07) is 10.1. The summed E-state index contributed by atoms with van der Waals surface area (Å²) >= 11 is 12.2. The summed E-state index contributed by atoms with van der Waals surface area (Å²) in [5.41, 5.74) is 1.44. The molecule has 1 heterocycles. The summed E-state index contributed by atoms with van der Waals surface area (Å²) in [5.74, 6) is 0.0651. The second-order valence-electron chi connectivity index (χ2n) is 4.27. The van der Waals surface area contributed by atoms with Crippen LogP contribution in [-0.4, -0.2) is 6.54 Å². The first-order valence-electron chi connectivity index (χ1n) is 5.79. The van der Waals surface area contributed by atoms with Crippen LogP contribution in [0.5, 0.6) is 5.75 Å². The van der Waals surface area contributed by atoms with Crippen LogP contribution in [0.15, 0.2) is 36.4 Å². The highest BCUT2D eigenvalue weighted by Crippen LogP contribution is 2.41. The van der Waals surface area contributed by atoms with Gasteiger partial charge in [-0.1, -0.05) is 41.4 Å². The largest absolute Gasteiger partial charge is 0.480 e. The lowest BCUT2D eigenvalue weighted by Crippen LogP contribution is -2.24. The monoisotopic (exact) mass is 297 g/mol. The molecule has 0 aromatic heterocycles. The number of rotatable bonds is 1. The van der Waals surface area contributed by atoms with Gasteiger partial charge in [0, 0.05) is 16.7 Å². The molecule has 98 valence electrons. The number of fused-ring (bicyclic) bond motifs is 1. The minimum Gasteiger partial charge on any atom is -0.480 e. The molecule has 1 unspecified atom stereocenters. The van der Waals surface area contributed by atoms with E-state index in [2.05, 4.69) is 5.32 Å². The highest BCUT2D eigenvalue weighted by molar-refractivity contribution is 6.32. The third-order valence-electron chi connectivity index (χ3n) is 3.00. The van der Waals surface area contributed by atoms with Gasteiger partial charge in [0.25, 0.3) is 0 Å². The van der Waals surface area contributed by atoms with Gasteiger partial charge in [-0.15, -0.1) is 0 Å². The topological polar surface area (TPSA) is 21.3 Å². The molecule has 0 amide bonds. The summed E-state index contributed by atoms with van der Waals surface area (Å²) in [6.45, 7) is 0.510. The van der Waals surface area contributed by atoms with Crippen LogP contribution in [0, 0.1) is 5.82 Å². The van der Waals surface area contributed by atoms with Gasteiger partial charge in [0.2, 0.25) is 0 Å². The van der Waals surface area contributed by atoms with Gasteiger partial charge in [0.05, 0.1) is 17.3 Å². The van der Waals surface area contributed by atoms with E-state index in [0.29, 0.717) is 23.0 Å². The van der Waals surface area contributed by atoms with Crippen LogP contribution in [0.3, 0.4) is 0 Å². The quantitative estimate of drug-likeness (QED) is 0.825. The molecule has 0 saturated heterocycles. The Morgan fingerprint density at radius 1 is 1.16 bits per heavy atom. The summed E-state index contributed by atoms with van der Waals surface area (Å²) in [4.78, 5) is 0. The fourth-order valence-electron chi connectivity index (χ4n) is 2.11. The van der Waals surface area contributed by atoms with E-state index in [0.717, 1.165) is 5.56 Å². The van der Waals surface area contributed by atoms with Crippen LogP contribution in [0.1, 0.15) is 11.7 Å². The van der Waals surface area contributed by atoms with E-state index in [1.54, 1.807) is 0 Å². The minimum absolute atomic E-state index is 0.246. The molecule has 1 N–H and O–H groups in total. The van der Waals surface area contributed by atoms with E-state index >= 15 is 0 Å². The van der Waals surface area contributed by atoms with Gasteiger partial charge in [-0.3, -0.25) is 0 Å². The molecule has 3 rings (SSSR count). The van der Waals surface area contributed by atoms with Gasteiger partial charge >= 0.3 is 0 Å². The van der Waals surface area contributed by atoms with Crippen molar-refractivity contribution in [2.24, 2.45) is 0 Å².